The number of halogens is 1. The Labute approximate surface area is 91.9 Å². The molecule has 0 amide bonds. The predicted molar refractivity (Wildman–Crippen MR) is 59.3 cm³/mol. The maximum Gasteiger partial charge on any atom is 0.307 e. The third-order valence-electron chi connectivity index (χ3n) is 2.36. The maximum atomic E-state index is 10.6. The second-order valence-electron chi connectivity index (χ2n) is 3.51. The zero-order chi connectivity index (χ0) is 11.0. The topological polar surface area (TPSA) is 42.2 Å². The summed E-state index contributed by atoms with van der Waals surface area (Å²) in [5.41, 5.74) is 1.78. The second kappa shape index (κ2) is 3.59. The molecule has 1 aromatic heterocycles. The number of carboxylic acid groups (broad SMARTS) is 1. The van der Waals surface area contributed by atoms with Crippen LogP contribution < -0.4 is 0 Å². The van der Waals surface area contributed by atoms with Crippen molar-refractivity contribution in [1.29, 1.82) is 0 Å². The minimum Gasteiger partial charge on any atom is -0.481 e. The summed E-state index contributed by atoms with van der Waals surface area (Å²) < 4.78 is 1.92. The van der Waals surface area contributed by atoms with Crippen LogP contribution in [0.25, 0.3) is 10.9 Å². The Hall–Kier alpha value is -1.48. The first kappa shape index (κ1) is 10.1. The highest BCUT2D eigenvalue weighted by molar-refractivity contribution is 6.35. The smallest absolute Gasteiger partial charge is 0.307 e. The Morgan fingerprint density at radius 3 is 2.93 bits per heavy atom. The molecule has 0 saturated carbocycles. The van der Waals surface area contributed by atoms with E-state index in [0.717, 1.165) is 16.5 Å². The number of carboxylic acids is 1. The van der Waals surface area contributed by atoms with E-state index < -0.39 is 5.97 Å². The molecule has 2 rings (SSSR count). The molecule has 1 aromatic carbocycles. The van der Waals surface area contributed by atoms with Crippen molar-refractivity contribution in [2.75, 3.05) is 0 Å². The van der Waals surface area contributed by atoms with Gasteiger partial charge in [-0.25, -0.2) is 0 Å². The highest BCUT2D eigenvalue weighted by atomic mass is 35.5. The molecule has 78 valence electrons. The van der Waals surface area contributed by atoms with Crippen LogP contribution in [0.1, 0.15) is 5.56 Å². The first-order valence-electron chi connectivity index (χ1n) is 4.53. The van der Waals surface area contributed by atoms with Gasteiger partial charge >= 0.3 is 5.97 Å². The van der Waals surface area contributed by atoms with Crippen LogP contribution in [0.3, 0.4) is 0 Å². The lowest BCUT2D eigenvalue weighted by Crippen LogP contribution is -1.99. The van der Waals surface area contributed by atoms with Gasteiger partial charge in [0.05, 0.1) is 11.4 Å². The fourth-order valence-corrected chi connectivity index (χ4v) is 1.97. The van der Waals surface area contributed by atoms with Crippen molar-refractivity contribution >= 4 is 28.5 Å². The van der Waals surface area contributed by atoms with Gasteiger partial charge < -0.3 is 9.67 Å². The number of rotatable bonds is 2. The molecule has 1 N–H and O–H groups in total. The molecule has 0 aliphatic rings. The lowest BCUT2D eigenvalue weighted by atomic mass is 10.1. The number of aliphatic carboxylic acids is 1. The van der Waals surface area contributed by atoms with Crippen molar-refractivity contribution in [3.63, 3.8) is 0 Å². The quantitative estimate of drug-likeness (QED) is 0.850. The number of fused-ring (bicyclic) bond motifs is 1. The average molecular weight is 224 g/mol. The van der Waals surface area contributed by atoms with E-state index in [9.17, 15) is 4.79 Å². The fourth-order valence-electron chi connectivity index (χ4n) is 1.68. The van der Waals surface area contributed by atoms with E-state index in [4.69, 9.17) is 16.7 Å². The number of nitrogens with zero attached hydrogens (tertiary/aromatic N) is 1. The monoisotopic (exact) mass is 223 g/mol. The molecule has 0 radical (unpaired) electrons. The van der Waals surface area contributed by atoms with Gasteiger partial charge in [-0.05, 0) is 17.7 Å². The number of carbonyl (C=O) groups is 1. The fraction of sp³-hybridized carbons (Fsp3) is 0.182. The van der Waals surface area contributed by atoms with Crippen LogP contribution in [0.4, 0.5) is 0 Å². The molecular formula is C11H10ClNO2. The van der Waals surface area contributed by atoms with E-state index in [1.54, 1.807) is 0 Å². The Kier molecular flexibility index (Phi) is 2.40. The minimum absolute atomic E-state index is 0.0289. The van der Waals surface area contributed by atoms with E-state index >= 15 is 0 Å². The average Bonchev–Trinajstić information content (AvgIpc) is 2.41. The molecule has 0 unspecified atom stereocenters. The zero-order valence-electron chi connectivity index (χ0n) is 8.20. The highest BCUT2D eigenvalue weighted by Crippen LogP contribution is 2.26. The minimum atomic E-state index is -0.832. The van der Waals surface area contributed by atoms with Gasteiger partial charge in [0.1, 0.15) is 0 Å². The van der Waals surface area contributed by atoms with Crippen LogP contribution in [0.15, 0.2) is 24.4 Å². The van der Waals surface area contributed by atoms with Crippen molar-refractivity contribution in [3.8, 4) is 0 Å². The molecule has 0 atom stereocenters. The van der Waals surface area contributed by atoms with Crippen molar-refractivity contribution < 1.29 is 9.90 Å². The lowest BCUT2D eigenvalue weighted by Gasteiger charge is -1.99. The molecule has 1 heterocycles. The van der Waals surface area contributed by atoms with Gasteiger partial charge in [-0.3, -0.25) is 4.79 Å². The molecule has 3 nitrogen and oxygen atoms in total. The van der Waals surface area contributed by atoms with E-state index in [0.29, 0.717) is 5.02 Å². The van der Waals surface area contributed by atoms with Gasteiger partial charge in [-0.2, -0.15) is 0 Å². The third kappa shape index (κ3) is 1.83. The molecule has 4 heteroatoms. The predicted octanol–water partition coefficient (Wildman–Crippen LogP) is 2.46. The maximum absolute atomic E-state index is 10.6. The summed E-state index contributed by atoms with van der Waals surface area (Å²) in [6.45, 7) is 0. The van der Waals surface area contributed by atoms with Crippen LogP contribution in [0.5, 0.6) is 0 Å². The first-order valence-corrected chi connectivity index (χ1v) is 4.91. The summed E-state index contributed by atoms with van der Waals surface area (Å²) in [6, 6.07) is 5.53. The standard InChI is InChI=1S/C11H10ClNO2/c1-13-6-9(12)8-4-7(5-11(14)15)2-3-10(8)13/h2-4,6H,5H2,1H3,(H,14,15). The molecule has 0 spiro atoms. The third-order valence-corrected chi connectivity index (χ3v) is 2.66. The lowest BCUT2D eigenvalue weighted by molar-refractivity contribution is -0.136. The first-order chi connectivity index (χ1) is 7.08. The molecule has 0 bridgehead atoms. The molecular weight excluding hydrogens is 214 g/mol. The SMILES string of the molecule is Cn1cc(Cl)c2cc(CC(=O)O)ccc21. The zero-order valence-corrected chi connectivity index (χ0v) is 8.95. The number of hydrogen-bond donors (Lipinski definition) is 1. The van der Waals surface area contributed by atoms with E-state index in [2.05, 4.69) is 0 Å². The highest BCUT2D eigenvalue weighted by Gasteiger charge is 2.07. The van der Waals surface area contributed by atoms with E-state index in [1.165, 1.54) is 0 Å². The Morgan fingerprint density at radius 1 is 1.53 bits per heavy atom. The number of aromatic nitrogens is 1. The van der Waals surface area contributed by atoms with Crippen LogP contribution in [0.2, 0.25) is 5.02 Å². The van der Waals surface area contributed by atoms with Crippen LogP contribution in [-0.2, 0) is 18.3 Å². The molecule has 2 aromatic rings. The van der Waals surface area contributed by atoms with Crippen LogP contribution in [0, 0.1) is 0 Å². The van der Waals surface area contributed by atoms with Crippen molar-refractivity contribution in [3.05, 3.63) is 35.0 Å². The van der Waals surface area contributed by atoms with Gasteiger partial charge in [0.25, 0.3) is 0 Å². The Bertz CT molecular complexity index is 531. The number of benzene rings is 1. The normalized spacial score (nSPS) is 10.8. The Morgan fingerprint density at radius 2 is 2.27 bits per heavy atom. The van der Waals surface area contributed by atoms with Crippen molar-refractivity contribution in [2.24, 2.45) is 7.05 Å². The van der Waals surface area contributed by atoms with Gasteiger partial charge in [-0.15, -0.1) is 0 Å². The number of aryl methyl sites for hydroxylation is 1. The van der Waals surface area contributed by atoms with Crippen molar-refractivity contribution in [2.45, 2.75) is 6.42 Å². The molecule has 0 saturated heterocycles. The van der Waals surface area contributed by atoms with Gasteiger partial charge in [-0.1, -0.05) is 17.7 Å². The van der Waals surface area contributed by atoms with E-state index in [1.807, 2.05) is 36.0 Å². The molecule has 0 fully saturated rings. The largest absolute Gasteiger partial charge is 0.481 e. The summed E-state index contributed by atoms with van der Waals surface area (Å²) in [7, 11) is 1.91. The number of hydrogen-bond acceptors (Lipinski definition) is 1. The summed E-state index contributed by atoms with van der Waals surface area (Å²) >= 11 is 6.02. The van der Waals surface area contributed by atoms with Crippen molar-refractivity contribution in [1.82, 2.24) is 4.57 Å². The summed E-state index contributed by atoms with van der Waals surface area (Å²) in [4.78, 5) is 10.6. The Balaban J connectivity index is 2.55. The van der Waals surface area contributed by atoms with Gasteiger partial charge in [0, 0.05) is 24.1 Å². The van der Waals surface area contributed by atoms with Gasteiger partial charge in [0.15, 0.2) is 0 Å². The van der Waals surface area contributed by atoms with Crippen LogP contribution in [-0.4, -0.2) is 15.6 Å². The van der Waals surface area contributed by atoms with Gasteiger partial charge in [0.2, 0.25) is 0 Å². The summed E-state index contributed by atoms with van der Waals surface area (Å²) in [6.07, 6.45) is 1.85. The molecule has 0 aliphatic heterocycles. The second-order valence-corrected chi connectivity index (χ2v) is 3.92. The van der Waals surface area contributed by atoms with E-state index in [-0.39, 0.29) is 6.42 Å². The molecule has 0 aliphatic carbocycles. The molecule has 15 heavy (non-hydrogen) atoms. The van der Waals surface area contributed by atoms with Crippen LogP contribution >= 0.6 is 11.6 Å². The summed E-state index contributed by atoms with van der Waals surface area (Å²) in [5, 5.41) is 10.2. The summed E-state index contributed by atoms with van der Waals surface area (Å²) in [5.74, 6) is -0.832.